The van der Waals surface area contributed by atoms with Crippen LogP contribution in [0.5, 0.6) is 0 Å². The molecule has 2 atom stereocenters. The van der Waals surface area contributed by atoms with Crippen LogP contribution in [-0.4, -0.2) is 59.9 Å². The van der Waals surface area contributed by atoms with Crippen molar-refractivity contribution in [2.45, 2.75) is 31.8 Å². The summed E-state index contributed by atoms with van der Waals surface area (Å²) in [6.07, 6.45) is 0.682. The highest BCUT2D eigenvalue weighted by atomic mass is 19.1. The molecule has 0 aromatic heterocycles. The lowest BCUT2D eigenvalue weighted by molar-refractivity contribution is -0.00815. The zero-order chi connectivity index (χ0) is 16.4. The Morgan fingerprint density at radius 2 is 2.04 bits per heavy atom. The van der Waals surface area contributed by atoms with Crippen LogP contribution in [-0.2, 0) is 4.74 Å². The number of carboxylic acid groups (broad SMARTS) is 1. The van der Waals surface area contributed by atoms with Crippen LogP contribution in [0.1, 0.15) is 30.0 Å². The van der Waals surface area contributed by atoms with Crippen LogP contribution >= 0.6 is 0 Å². The molecule has 1 N–H and O–H groups in total. The summed E-state index contributed by atoms with van der Waals surface area (Å²) in [6, 6.07) is 4.76. The molecule has 2 aliphatic rings. The molecule has 0 bridgehead atoms. The zero-order valence-corrected chi connectivity index (χ0v) is 13.4. The maximum absolute atomic E-state index is 13.4. The van der Waals surface area contributed by atoms with Gasteiger partial charge in [-0.1, -0.05) is 6.07 Å². The van der Waals surface area contributed by atoms with Gasteiger partial charge in [-0.25, -0.2) is 9.18 Å². The predicted octanol–water partition coefficient (Wildman–Crippen LogP) is 2.65. The maximum atomic E-state index is 13.4. The summed E-state index contributed by atoms with van der Waals surface area (Å²) in [6.45, 7) is 5.62. The van der Waals surface area contributed by atoms with Gasteiger partial charge in [-0.2, -0.15) is 0 Å². The molecule has 1 amide bonds. The number of carbonyl (C=O) groups is 1. The van der Waals surface area contributed by atoms with Crippen LogP contribution in [0, 0.1) is 12.7 Å². The van der Waals surface area contributed by atoms with Crippen LogP contribution in [0.25, 0.3) is 0 Å². The summed E-state index contributed by atoms with van der Waals surface area (Å²) >= 11 is 0. The van der Waals surface area contributed by atoms with Crippen molar-refractivity contribution >= 4 is 6.09 Å². The van der Waals surface area contributed by atoms with E-state index in [2.05, 4.69) is 4.90 Å². The standard InChI is InChI=1S/C17H23FN2O3/c1-12-10-13(18)2-3-15(12)16-11-14(4-5-20(16)17(21)22)19-6-8-23-9-7-19/h2-3,10,14,16H,4-9,11H2,1H3,(H,21,22)/t14-,16-/m1/s1. The third-order valence-corrected chi connectivity index (χ3v) is 4.97. The number of halogens is 1. The Balaban J connectivity index is 1.84. The zero-order valence-electron chi connectivity index (χ0n) is 13.4. The molecule has 0 radical (unpaired) electrons. The van der Waals surface area contributed by atoms with Gasteiger partial charge in [0.2, 0.25) is 0 Å². The molecule has 0 unspecified atom stereocenters. The number of hydrogen-bond donors (Lipinski definition) is 1. The number of hydrogen-bond acceptors (Lipinski definition) is 3. The normalized spacial score (nSPS) is 26.3. The quantitative estimate of drug-likeness (QED) is 0.909. The van der Waals surface area contributed by atoms with Crippen LogP contribution in [0.2, 0.25) is 0 Å². The summed E-state index contributed by atoms with van der Waals surface area (Å²) in [7, 11) is 0. The summed E-state index contributed by atoms with van der Waals surface area (Å²) in [5, 5.41) is 9.53. The Bertz CT molecular complexity index is 575. The van der Waals surface area contributed by atoms with Crippen molar-refractivity contribution in [1.29, 1.82) is 0 Å². The maximum Gasteiger partial charge on any atom is 0.407 e. The molecule has 1 aromatic carbocycles. The lowest BCUT2D eigenvalue weighted by Crippen LogP contribution is -2.51. The van der Waals surface area contributed by atoms with Gasteiger partial charge in [-0.05, 0) is 43.0 Å². The number of ether oxygens (including phenoxy) is 1. The topological polar surface area (TPSA) is 53.0 Å². The van der Waals surface area contributed by atoms with E-state index < -0.39 is 6.09 Å². The number of morpholine rings is 1. The first-order chi connectivity index (χ1) is 11.1. The number of amides is 1. The highest BCUT2D eigenvalue weighted by Crippen LogP contribution is 2.35. The predicted molar refractivity (Wildman–Crippen MR) is 84.0 cm³/mol. The molecule has 5 nitrogen and oxygen atoms in total. The molecule has 0 spiro atoms. The number of piperidine rings is 1. The third kappa shape index (κ3) is 3.48. The number of aryl methyl sites for hydroxylation is 1. The van der Waals surface area contributed by atoms with Gasteiger partial charge in [0.25, 0.3) is 0 Å². The first-order valence-electron chi connectivity index (χ1n) is 8.13. The van der Waals surface area contributed by atoms with E-state index >= 15 is 0 Å². The Kier molecular flexibility index (Phi) is 4.82. The average Bonchev–Trinajstić information content (AvgIpc) is 2.55. The van der Waals surface area contributed by atoms with E-state index in [1.54, 1.807) is 6.07 Å². The van der Waals surface area contributed by atoms with Crippen LogP contribution in [0.15, 0.2) is 18.2 Å². The van der Waals surface area contributed by atoms with Gasteiger partial charge in [-0.15, -0.1) is 0 Å². The number of likely N-dealkylation sites (tertiary alicyclic amines) is 1. The molecule has 0 saturated carbocycles. The molecule has 1 aromatic rings. The molecule has 126 valence electrons. The molecule has 2 aliphatic heterocycles. The van der Waals surface area contributed by atoms with Crippen LogP contribution in [0.3, 0.4) is 0 Å². The van der Waals surface area contributed by atoms with Gasteiger partial charge >= 0.3 is 6.09 Å². The highest BCUT2D eigenvalue weighted by Gasteiger charge is 2.36. The second kappa shape index (κ2) is 6.84. The SMILES string of the molecule is Cc1cc(F)ccc1[C@H]1C[C@H](N2CCOCC2)CCN1C(=O)O. The first-order valence-corrected chi connectivity index (χ1v) is 8.13. The molecule has 6 heteroatoms. The summed E-state index contributed by atoms with van der Waals surface area (Å²) in [5.41, 5.74) is 1.72. The highest BCUT2D eigenvalue weighted by molar-refractivity contribution is 5.66. The van der Waals surface area contributed by atoms with E-state index in [4.69, 9.17) is 4.74 Å². The second-order valence-corrected chi connectivity index (χ2v) is 6.32. The van der Waals surface area contributed by atoms with Gasteiger partial charge in [0.1, 0.15) is 5.82 Å². The molecule has 2 fully saturated rings. The second-order valence-electron chi connectivity index (χ2n) is 6.32. The van der Waals surface area contributed by atoms with E-state index in [9.17, 15) is 14.3 Å². The number of nitrogens with zero attached hydrogens (tertiary/aromatic N) is 2. The van der Waals surface area contributed by atoms with Gasteiger partial charge in [-0.3, -0.25) is 4.90 Å². The number of rotatable bonds is 2. The van der Waals surface area contributed by atoms with E-state index in [0.717, 1.165) is 50.3 Å². The molecule has 2 saturated heterocycles. The summed E-state index contributed by atoms with van der Waals surface area (Å²) in [5.74, 6) is -0.284. The van der Waals surface area contributed by atoms with Crippen molar-refractivity contribution in [1.82, 2.24) is 9.80 Å². The minimum absolute atomic E-state index is 0.213. The Labute approximate surface area is 135 Å². The summed E-state index contributed by atoms with van der Waals surface area (Å²) < 4.78 is 18.8. The van der Waals surface area contributed by atoms with Crippen LogP contribution < -0.4 is 0 Å². The van der Waals surface area contributed by atoms with Gasteiger partial charge in [0.05, 0.1) is 19.3 Å². The average molecular weight is 322 g/mol. The van der Waals surface area contributed by atoms with E-state index in [-0.39, 0.29) is 11.9 Å². The minimum atomic E-state index is -0.904. The van der Waals surface area contributed by atoms with E-state index in [1.165, 1.54) is 17.0 Å². The van der Waals surface area contributed by atoms with Crippen LogP contribution in [0.4, 0.5) is 9.18 Å². The third-order valence-electron chi connectivity index (χ3n) is 4.97. The van der Waals surface area contributed by atoms with Gasteiger partial charge < -0.3 is 14.7 Å². The minimum Gasteiger partial charge on any atom is -0.465 e. The Hall–Kier alpha value is -1.66. The molecule has 0 aliphatic carbocycles. The lowest BCUT2D eigenvalue weighted by Gasteiger charge is -2.44. The van der Waals surface area contributed by atoms with Gasteiger partial charge in [0.15, 0.2) is 0 Å². The fraction of sp³-hybridized carbons (Fsp3) is 0.588. The largest absolute Gasteiger partial charge is 0.465 e. The molecular weight excluding hydrogens is 299 g/mol. The fourth-order valence-corrected chi connectivity index (χ4v) is 3.76. The lowest BCUT2D eigenvalue weighted by atomic mass is 9.89. The smallest absolute Gasteiger partial charge is 0.407 e. The Morgan fingerprint density at radius 1 is 1.30 bits per heavy atom. The van der Waals surface area contributed by atoms with Crippen molar-refractivity contribution in [2.75, 3.05) is 32.8 Å². The Morgan fingerprint density at radius 3 is 2.70 bits per heavy atom. The van der Waals surface area contributed by atoms with E-state index in [0.29, 0.717) is 12.6 Å². The van der Waals surface area contributed by atoms with E-state index in [1.807, 2.05) is 6.92 Å². The molecule has 23 heavy (non-hydrogen) atoms. The molecule has 3 rings (SSSR count). The van der Waals surface area contributed by atoms with Crippen molar-refractivity contribution in [2.24, 2.45) is 0 Å². The molecular formula is C17H23FN2O3. The fourth-order valence-electron chi connectivity index (χ4n) is 3.76. The first kappa shape index (κ1) is 16.2. The summed E-state index contributed by atoms with van der Waals surface area (Å²) in [4.78, 5) is 15.5. The van der Waals surface area contributed by atoms with Gasteiger partial charge in [0, 0.05) is 25.7 Å². The van der Waals surface area contributed by atoms with Crippen molar-refractivity contribution in [3.8, 4) is 0 Å². The van der Waals surface area contributed by atoms with Crippen molar-refractivity contribution in [3.05, 3.63) is 35.1 Å². The monoisotopic (exact) mass is 322 g/mol. The van der Waals surface area contributed by atoms with Crippen molar-refractivity contribution in [3.63, 3.8) is 0 Å². The number of benzene rings is 1. The van der Waals surface area contributed by atoms with Crippen molar-refractivity contribution < 1.29 is 19.0 Å². The molecule has 2 heterocycles.